The lowest BCUT2D eigenvalue weighted by Gasteiger charge is -2.36. The third-order valence-electron chi connectivity index (χ3n) is 8.64. The largest absolute Gasteiger partial charge is 0.491 e. The third kappa shape index (κ3) is 6.36. The van der Waals surface area contributed by atoms with E-state index in [1.54, 1.807) is 12.3 Å². The van der Waals surface area contributed by atoms with Gasteiger partial charge in [0.25, 0.3) is 11.5 Å². The molecule has 1 fully saturated rings. The number of hydrogen-bond acceptors (Lipinski definition) is 8. The third-order valence-corrected chi connectivity index (χ3v) is 9.23. The van der Waals surface area contributed by atoms with Crippen LogP contribution in [0.2, 0.25) is 0 Å². The smallest absolute Gasteiger partial charge is 0.261 e. The van der Waals surface area contributed by atoms with E-state index in [4.69, 9.17) is 9.72 Å². The zero-order chi connectivity index (χ0) is 30.8. The molecule has 0 unspecified atom stereocenters. The zero-order valence-electron chi connectivity index (χ0n) is 25.5. The highest BCUT2D eigenvalue weighted by molar-refractivity contribution is 7.98. The molecule has 4 heterocycles. The molecule has 44 heavy (non-hydrogen) atoms. The van der Waals surface area contributed by atoms with E-state index in [0.717, 1.165) is 66.2 Å². The Labute approximate surface area is 261 Å². The van der Waals surface area contributed by atoms with Crippen molar-refractivity contribution in [1.29, 1.82) is 0 Å². The van der Waals surface area contributed by atoms with Gasteiger partial charge >= 0.3 is 0 Å². The number of benzene rings is 2. The topological polar surface area (TPSA) is 127 Å². The summed E-state index contributed by atoms with van der Waals surface area (Å²) < 4.78 is 5.82. The molecule has 4 N–H and O–H groups in total. The van der Waals surface area contributed by atoms with Crippen molar-refractivity contribution < 1.29 is 14.6 Å². The summed E-state index contributed by atoms with van der Waals surface area (Å²) in [7, 11) is 0. The first-order chi connectivity index (χ1) is 21.3. The number of thioether (sulfide) groups is 1. The molecule has 4 aromatic rings. The minimum atomic E-state index is -0.807. The minimum absolute atomic E-state index is 0.0611. The number of carbonyl (C=O) groups excluding carboxylic acids is 1. The lowest BCUT2D eigenvalue weighted by molar-refractivity contribution is 0.0603. The number of rotatable bonds is 11. The summed E-state index contributed by atoms with van der Waals surface area (Å²) in [4.78, 5) is 41.7. The van der Waals surface area contributed by atoms with Crippen LogP contribution in [0.4, 0.5) is 5.69 Å². The predicted molar refractivity (Wildman–Crippen MR) is 176 cm³/mol. The number of anilines is 1. The van der Waals surface area contributed by atoms with E-state index in [1.165, 1.54) is 0 Å². The fourth-order valence-corrected chi connectivity index (χ4v) is 6.67. The first-order valence-electron chi connectivity index (χ1n) is 15.2. The van der Waals surface area contributed by atoms with E-state index >= 15 is 0 Å². The molecule has 0 aliphatic carbocycles. The number of hydrogen-bond donors (Lipinski definition) is 4. The molecule has 2 aromatic carbocycles. The number of piperidine rings is 1. The number of pyridine rings is 1. The molecule has 11 heteroatoms. The summed E-state index contributed by atoms with van der Waals surface area (Å²) in [5.41, 5.74) is 5.81. The van der Waals surface area contributed by atoms with Gasteiger partial charge in [-0.3, -0.25) is 9.59 Å². The summed E-state index contributed by atoms with van der Waals surface area (Å²) in [6.07, 6.45) is 4.88. The summed E-state index contributed by atoms with van der Waals surface area (Å²) >= 11 is 1.87. The van der Waals surface area contributed by atoms with Gasteiger partial charge in [0, 0.05) is 56.3 Å². The molecule has 6 rings (SSSR count). The van der Waals surface area contributed by atoms with Crippen LogP contribution in [0.15, 0.2) is 47.4 Å². The number of ether oxygens (including phenoxy) is 1. The number of nitrogens with one attached hydrogen (secondary N) is 3. The van der Waals surface area contributed by atoms with Gasteiger partial charge in [-0.1, -0.05) is 17.7 Å². The highest BCUT2D eigenvalue weighted by Crippen LogP contribution is 2.33. The van der Waals surface area contributed by atoms with Gasteiger partial charge in [-0.25, -0.2) is 4.98 Å². The second-order valence-corrected chi connectivity index (χ2v) is 12.8. The number of aromatic amines is 2. The monoisotopic (exact) mass is 616 g/mol. The highest BCUT2D eigenvalue weighted by atomic mass is 32.2. The molecule has 1 saturated heterocycles. The molecule has 0 radical (unpaired) electrons. The fourth-order valence-electron chi connectivity index (χ4n) is 6.22. The van der Waals surface area contributed by atoms with E-state index in [9.17, 15) is 14.7 Å². The number of aromatic nitrogens is 3. The molecule has 2 aliphatic rings. The highest BCUT2D eigenvalue weighted by Gasteiger charge is 2.35. The van der Waals surface area contributed by atoms with Gasteiger partial charge in [-0.05, 0) is 68.3 Å². The Morgan fingerprint density at radius 3 is 2.75 bits per heavy atom. The van der Waals surface area contributed by atoms with E-state index in [2.05, 4.69) is 26.4 Å². The molecular formula is C33H40N6O4S. The molecule has 1 amide bonds. The second kappa shape index (κ2) is 13.1. The fraction of sp³-hybridized carbons (Fsp3) is 0.424. The van der Waals surface area contributed by atoms with Crippen molar-refractivity contribution in [3.05, 3.63) is 75.2 Å². The number of imidazole rings is 1. The van der Waals surface area contributed by atoms with Crippen molar-refractivity contribution in [3.63, 3.8) is 0 Å². The molecule has 0 bridgehead atoms. The van der Waals surface area contributed by atoms with Gasteiger partial charge in [0.2, 0.25) is 0 Å². The number of aryl methyl sites for hydroxylation is 2. The van der Waals surface area contributed by atoms with Crippen LogP contribution in [0.3, 0.4) is 0 Å². The average molecular weight is 617 g/mol. The van der Waals surface area contributed by atoms with Crippen LogP contribution in [0.5, 0.6) is 5.75 Å². The minimum Gasteiger partial charge on any atom is -0.491 e. The van der Waals surface area contributed by atoms with Gasteiger partial charge in [0.05, 0.1) is 16.7 Å². The van der Waals surface area contributed by atoms with Gasteiger partial charge in [-0.2, -0.15) is 11.8 Å². The molecule has 2 aliphatic heterocycles. The number of likely N-dealkylation sites (tertiary alicyclic amines) is 1. The molecule has 0 saturated carbocycles. The Kier molecular flexibility index (Phi) is 8.97. The van der Waals surface area contributed by atoms with Gasteiger partial charge < -0.3 is 34.9 Å². The number of carbonyl (C=O) groups is 1. The normalized spacial score (nSPS) is 16.5. The van der Waals surface area contributed by atoms with Gasteiger partial charge in [0.1, 0.15) is 29.8 Å². The quantitative estimate of drug-likeness (QED) is 0.198. The summed E-state index contributed by atoms with van der Waals surface area (Å²) in [5, 5.41) is 13.8. The first kappa shape index (κ1) is 30.2. The summed E-state index contributed by atoms with van der Waals surface area (Å²) in [5.74, 6) is 2.33. The summed E-state index contributed by atoms with van der Waals surface area (Å²) in [6.45, 7) is 8.02. The van der Waals surface area contributed by atoms with Crippen LogP contribution >= 0.6 is 11.8 Å². The maximum absolute atomic E-state index is 13.5. The Morgan fingerprint density at radius 1 is 1.16 bits per heavy atom. The molecule has 0 spiro atoms. The van der Waals surface area contributed by atoms with Crippen molar-refractivity contribution in [1.82, 2.24) is 24.8 Å². The number of H-pyrrole nitrogens is 2. The number of nitrogens with zero attached hydrogens (tertiary/aromatic N) is 3. The van der Waals surface area contributed by atoms with Crippen molar-refractivity contribution in [2.24, 2.45) is 0 Å². The maximum Gasteiger partial charge on any atom is 0.261 e. The predicted octanol–water partition coefficient (Wildman–Crippen LogP) is 4.17. The second-order valence-electron chi connectivity index (χ2n) is 11.8. The van der Waals surface area contributed by atoms with Crippen LogP contribution in [-0.2, 0) is 6.54 Å². The van der Waals surface area contributed by atoms with Crippen molar-refractivity contribution in [2.45, 2.75) is 45.4 Å². The number of aliphatic hydroxyl groups is 1. The molecule has 10 nitrogen and oxygen atoms in total. The standard InChI is InChI=1S/C33H40N6O4S/c1-20-4-5-29(21(2)14-20)43-19-24(40)17-35-26-6-9-34-32(41)30(26)31-36-27-15-22-18-39(33(42)25(22)16-28(27)37-31)23-7-10-38(11-8-23)12-13-44-3/h4-6,9,14-16,23-24,40H,7-8,10-13,17-19H2,1-3H3,(H,36,37)(H2,34,35,41)/t24-/m1/s1. The van der Waals surface area contributed by atoms with Crippen LogP contribution in [0.1, 0.15) is 39.9 Å². The maximum atomic E-state index is 13.5. The van der Waals surface area contributed by atoms with Crippen LogP contribution < -0.4 is 15.6 Å². The Morgan fingerprint density at radius 2 is 1.98 bits per heavy atom. The van der Waals surface area contributed by atoms with Crippen LogP contribution in [-0.4, -0.2) is 92.7 Å². The Bertz CT molecular complexity index is 1710. The van der Waals surface area contributed by atoms with Crippen molar-refractivity contribution >= 4 is 34.4 Å². The van der Waals surface area contributed by atoms with E-state index in [-0.39, 0.29) is 30.7 Å². The number of aliphatic hydroxyl groups excluding tert-OH is 1. The first-order valence-corrected chi connectivity index (χ1v) is 16.6. The Hall–Kier alpha value is -3.80. The van der Waals surface area contributed by atoms with E-state index in [1.807, 2.05) is 60.8 Å². The molecule has 1 atom stereocenters. The van der Waals surface area contributed by atoms with Crippen molar-refractivity contribution in [2.75, 3.05) is 50.1 Å². The molecular weight excluding hydrogens is 576 g/mol. The van der Waals surface area contributed by atoms with E-state index in [0.29, 0.717) is 34.7 Å². The lowest BCUT2D eigenvalue weighted by atomic mass is 10.0. The van der Waals surface area contributed by atoms with Crippen LogP contribution in [0, 0.1) is 13.8 Å². The number of amides is 1. The van der Waals surface area contributed by atoms with Crippen LogP contribution in [0.25, 0.3) is 22.4 Å². The summed E-state index contributed by atoms with van der Waals surface area (Å²) in [6, 6.07) is 11.7. The van der Waals surface area contributed by atoms with Crippen molar-refractivity contribution in [3.8, 4) is 17.1 Å². The average Bonchev–Trinajstić information content (AvgIpc) is 3.57. The van der Waals surface area contributed by atoms with Gasteiger partial charge in [0.15, 0.2) is 0 Å². The Balaban J connectivity index is 1.14. The van der Waals surface area contributed by atoms with E-state index < -0.39 is 6.10 Å². The zero-order valence-corrected chi connectivity index (χ0v) is 26.3. The SMILES string of the molecule is CSCCN1CCC(N2Cc3cc4[nH]c(-c5c(NC[C@@H](O)COc6ccc(C)cc6C)cc[nH]c5=O)nc4cc3C2=O)CC1. The van der Waals surface area contributed by atoms with Gasteiger partial charge in [-0.15, -0.1) is 0 Å². The molecule has 232 valence electrons. The molecule has 2 aromatic heterocycles. The lowest BCUT2D eigenvalue weighted by Crippen LogP contribution is -2.45. The number of fused-ring (bicyclic) bond motifs is 2.